The van der Waals surface area contributed by atoms with Gasteiger partial charge in [0.25, 0.3) is 0 Å². The van der Waals surface area contributed by atoms with Crippen LogP contribution in [0.5, 0.6) is 0 Å². The molecule has 3 nitrogen and oxygen atoms in total. The molecule has 5 heteroatoms. The Kier molecular flexibility index (Phi) is 4.63. The van der Waals surface area contributed by atoms with Crippen LogP contribution in [0.25, 0.3) is 20.0 Å². The lowest BCUT2D eigenvalue weighted by atomic mass is 10.2. The third kappa shape index (κ3) is 3.67. The smallest absolute Gasteiger partial charge is 0.157 e. The van der Waals surface area contributed by atoms with Crippen LogP contribution in [0.1, 0.15) is 18.9 Å². The van der Waals surface area contributed by atoms with Gasteiger partial charge in [-0.2, -0.15) is 0 Å². The molecule has 3 rings (SSSR count). The van der Waals surface area contributed by atoms with Crippen molar-refractivity contribution in [1.82, 2.24) is 15.5 Å². The molecule has 0 fully saturated rings. The highest BCUT2D eigenvalue weighted by atomic mass is 32.1. The Balaban J connectivity index is 1.66. The maximum absolute atomic E-state index is 4.35. The van der Waals surface area contributed by atoms with E-state index < -0.39 is 0 Å². The summed E-state index contributed by atoms with van der Waals surface area (Å²) in [4.78, 5) is 1.22. The standard InChI is InChI=1S/C16H19N3S2/c1-11(2)10-17-8-7-15-18-19-16(21-15)14-9-12-5-3-4-6-13(12)20-14/h3-6,9,11,17H,7-8,10H2,1-2H3. The van der Waals surface area contributed by atoms with Crippen molar-refractivity contribution in [2.24, 2.45) is 5.92 Å². The van der Waals surface area contributed by atoms with E-state index in [2.05, 4.69) is 59.7 Å². The Labute approximate surface area is 133 Å². The first-order chi connectivity index (χ1) is 10.2. The van der Waals surface area contributed by atoms with E-state index in [1.807, 2.05) is 0 Å². The van der Waals surface area contributed by atoms with Gasteiger partial charge >= 0.3 is 0 Å². The van der Waals surface area contributed by atoms with Gasteiger partial charge in [0.15, 0.2) is 5.01 Å². The third-order valence-corrected chi connectivity index (χ3v) is 5.44. The molecule has 2 heterocycles. The van der Waals surface area contributed by atoms with E-state index in [0.717, 1.165) is 29.5 Å². The van der Waals surface area contributed by atoms with Crippen molar-refractivity contribution in [3.05, 3.63) is 35.3 Å². The zero-order chi connectivity index (χ0) is 14.7. The molecule has 0 aliphatic carbocycles. The van der Waals surface area contributed by atoms with Crippen molar-refractivity contribution in [3.63, 3.8) is 0 Å². The van der Waals surface area contributed by atoms with Crippen LogP contribution in [0, 0.1) is 5.92 Å². The number of aromatic nitrogens is 2. The predicted octanol–water partition coefficient (Wildman–Crippen LogP) is 4.21. The van der Waals surface area contributed by atoms with Crippen LogP contribution in [0.4, 0.5) is 0 Å². The molecule has 0 radical (unpaired) electrons. The Hall–Kier alpha value is -1.30. The maximum Gasteiger partial charge on any atom is 0.157 e. The molecule has 0 spiro atoms. The lowest BCUT2D eigenvalue weighted by Crippen LogP contribution is -2.22. The molecule has 110 valence electrons. The van der Waals surface area contributed by atoms with Crippen LogP contribution in [0.2, 0.25) is 0 Å². The molecule has 1 N–H and O–H groups in total. The van der Waals surface area contributed by atoms with Gasteiger partial charge in [0.1, 0.15) is 5.01 Å². The van der Waals surface area contributed by atoms with Gasteiger partial charge in [-0.25, -0.2) is 0 Å². The average molecular weight is 317 g/mol. The number of rotatable bonds is 6. The van der Waals surface area contributed by atoms with Gasteiger partial charge in [0.05, 0.1) is 4.88 Å². The molecule has 0 aliphatic heterocycles. The van der Waals surface area contributed by atoms with E-state index in [1.165, 1.54) is 15.0 Å². The molecular formula is C16H19N3S2. The molecule has 0 amide bonds. The SMILES string of the molecule is CC(C)CNCCc1nnc(-c2cc3ccccc3s2)s1. The summed E-state index contributed by atoms with van der Waals surface area (Å²) in [5.41, 5.74) is 0. The van der Waals surface area contributed by atoms with Crippen LogP contribution >= 0.6 is 22.7 Å². The Morgan fingerprint density at radius 1 is 1.14 bits per heavy atom. The summed E-state index contributed by atoms with van der Waals surface area (Å²) in [7, 11) is 0. The molecular weight excluding hydrogens is 298 g/mol. The highest BCUT2D eigenvalue weighted by Crippen LogP contribution is 2.34. The van der Waals surface area contributed by atoms with E-state index in [-0.39, 0.29) is 0 Å². The van der Waals surface area contributed by atoms with E-state index in [4.69, 9.17) is 0 Å². The van der Waals surface area contributed by atoms with Crippen LogP contribution in [0.15, 0.2) is 30.3 Å². The highest BCUT2D eigenvalue weighted by molar-refractivity contribution is 7.25. The fourth-order valence-electron chi connectivity index (χ4n) is 2.13. The number of nitrogens with zero attached hydrogens (tertiary/aromatic N) is 2. The first-order valence-corrected chi connectivity index (χ1v) is 8.88. The summed E-state index contributed by atoms with van der Waals surface area (Å²) in [6, 6.07) is 10.7. The Morgan fingerprint density at radius 2 is 2.00 bits per heavy atom. The van der Waals surface area contributed by atoms with Crippen molar-refractivity contribution in [1.29, 1.82) is 0 Å². The van der Waals surface area contributed by atoms with Crippen LogP contribution in [-0.2, 0) is 6.42 Å². The molecule has 21 heavy (non-hydrogen) atoms. The number of hydrogen-bond donors (Lipinski definition) is 1. The summed E-state index contributed by atoms with van der Waals surface area (Å²) < 4.78 is 1.31. The zero-order valence-electron chi connectivity index (χ0n) is 12.3. The molecule has 2 aromatic heterocycles. The molecule has 0 saturated carbocycles. The minimum absolute atomic E-state index is 0.688. The lowest BCUT2D eigenvalue weighted by molar-refractivity contribution is 0.553. The van der Waals surface area contributed by atoms with Crippen LogP contribution in [-0.4, -0.2) is 23.3 Å². The highest BCUT2D eigenvalue weighted by Gasteiger charge is 2.10. The van der Waals surface area contributed by atoms with Gasteiger partial charge in [0, 0.05) is 17.7 Å². The summed E-state index contributed by atoms with van der Waals surface area (Å²) in [6.07, 6.45) is 0.954. The minimum atomic E-state index is 0.688. The Morgan fingerprint density at radius 3 is 2.81 bits per heavy atom. The van der Waals surface area contributed by atoms with Crippen molar-refractivity contribution in [2.45, 2.75) is 20.3 Å². The number of nitrogens with one attached hydrogen (secondary N) is 1. The Bertz CT molecular complexity index is 682. The van der Waals surface area contributed by atoms with Gasteiger partial charge in [-0.05, 0) is 30.0 Å². The molecule has 0 aliphatic rings. The van der Waals surface area contributed by atoms with Crippen molar-refractivity contribution >= 4 is 32.8 Å². The maximum atomic E-state index is 4.35. The second-order valence-corrected chi connectivity index (χ2v) is 7.64. The number of benzene rings is 1. The molecule has 3 aromatic rings. The van der Waals surface area contributed by atoms with Crippen LogP contribution in [0.3, 0.4) is 0 Å². The van der Waals surface area contributed by atoms with Gasteiger partial charge < -0.3 is 5.32 Å². The predicted molar refractivity (Wildman–Crippen MR) is 92.1 cm³/mol. The number of thiophene rings is 1. The van der Waals surface area contributed by atoms with Crippen molar-refractivity contribution in [2.75, 3.05) is 13.1 Å². The number of hydrogen-bond acceptors (Lipinski definition) is 5. The first-order valence-electron chi connectivity index (χ1n) is 7.24. The topological polar surface area (TPSA) is 37.8 Å². The second kappa shape index (κ2) is 6.64. The third-order valence-electron chi connectivity index (χ3n) is 3.17. The van der Waals surface area contributed by atoms with Gasteiger partial charge in [0.2, 0.25) is 0 Å². The largest absolute Gasteiger partial charge is 0.316 e. The molecule has 0 unspecified atom stereocenters. The zero-order valence-corrected chi connectivity index (χ0v) is 13.9. The fraction of sp³-hybridized carbons (Fsp3) is 0.375. The molecule has 0 saturated heterocycles. The lowest BCUT2D eigenvalue weighted by Gasteiger charge is -2.04. The van der Waals surface area contributed by atoms with E-state index >= 15 is 0 Å². The molecule has 0 bridgehead atoms. The monoisotopic (exact) mass is 317 g/mol. The summed E-state index contributed by atoms with van der Waals surface area (Å²) in [5.74, 6) is 0.688. The van der Waals surface area contributed by atoms with Crippen molar-refractivity contribution < 1.29 is 0 Å². The minimum Gasteiger partial charge on any atom is -0.316 e. The second-order valence-electron chi connectivity index (χ2n) is 5.50. The van der Waals surface area contributed by atoms with E-state index in [0.29, 0.717) is 5.92 Å². The van der Waals surface area contributed by atoms with Gasteiger partial charge in [-0.15, -0.1) is 21.5 Å². The van der Waals surface area contributed by atoms with Gasteiger partial charge in [-0.3, -0.25) is 0 Å². The average Bonchev–Trinajstić information content (AvgIpc) is 3.09. The number of fused-ring (bicyclic) bond motifs is 1. The molecule has 0 atom stereocenters. The normalized spacial score (nSPS) is 11.6. The fourth-order valence-corrected chi connectivity index (χ4v) is 4.07. The quantitative estimate of drug-likeness (QED) is 0.692. The molecule has 1 aromatic carbocycles. The van der Waals surface area contributed by atoms with E-state index in [1.54, 1.807) is 22.7 Å². The first kappa shape index (κ1) is 14.6. The van der Waals surface area contributed by atoms with Crippen molar-refractivity contribution in [3.8, 4) is 9.88 Å². The summed E-state index contributed by atoms with van der Waals surface area (Å²) in [6.45, 7) is 6.47. The van der Waals surface area contributed by atoms with Crippen LogP contribution < -0.4 is 5.32 Å². The van der Waals surface area contributed by atoms with E-state index in [9.17, 15) is 0 Å². The van der Waals surface area contributed by atoms with Gasteiger partial charge in [-0.1, -0.05) is 43.4 Å². The summed E-state index contributed by atoms with van der Waals surface area (Å²) in [5, 5.41) is 15.5. The summed E-state index contributed by atoms with van der Waals surface area (Å²) >= 11 is 3.50.